The van der Waals surface area contributed by atoms with Crippen LogP contribution in [0.15, 0.2) is 29.4 Å². The van der Waals surface area contributed by atoms with Crippen LogP contribution in [0.2, 0.25) is 0 Å². The minimum atomic E-state index is -0.342. The van der Waals surface area contributed by atoms with Gasteiger partial charge in [-0.15, -0.1) is 0 Å². The first-order valence-corrected chi connectivity index (χ1v) is 4.87. The molecule has 1 rings (SSSR count). The van der Waals surface area contributed by atoms with Gasteiger partial charge in [0, 0.05) is 6.92 Å². The third-order valence-electron chi connectivity index (χ3n) is 1.67. The van der Waals surface area contributed by atoms with Crippen LogP contribution in [0.25, 0.3) is 0 Å². The number of rotatable bonds is 5. The topological polar surface area (TPSA) is 70.9 Å². The molecule has 0 atom stereocenters. The third-order valence-corrected chi connectivity index (χ3v) is 1.67. The van der Waals surface area contributed by atoms with Gasteiger partial charge < -0.3 is 15.3 Å². The molecule has 5 nitrogen and oxygen atoms in total. The van der Waals surface area contributed by atoms with Gasteiger partial charge in [0.15, 0.2) is 0 Å². The van der Waals surface area contributed by atoms with E-state index in [9.17, 15) is 4.79 Å². The fraction of sp³-hybridized carbons (Fsp3) is 0.273. The highest BCUT2D eigenvalue weighted by Crippen LogP contribution is 2.10. The van der Waals surface area contributed by atoms with Gasteiger partial charge in [0.1, 0.15) is 5.75 Å². The van der Waals surface area contributed by atoms with Crippen molar-refractivity contribution in [3.05, 3.63) is 29.8 Å². The Morgan fingerprint density at radius 2 is 2.19 bits per heavy atom. The smallest absolute Gasteiger partial charge is 0.308 e. The highest BCUT2D eigenvalue weighted by Gasteiger charge is 1.96. The van der Waals surface area contributed by atoms with Crippen molar-refractivity contribution in [2.24, 2.45) is 5.10 Å². The van der Waals surface area contributed by atoms with E-state index >= 15 is 0 Å². The van der Waals surface area contributed by atoms with Crippen molar-refractivity contribution in [2.45, 2.75) is 6.92 Å². The predicted molar refractivity (Wildman–Crippen MR) is 60.4 cm³/mol. The van der Waals surface area contributed by atoms with Gasteiger partial charge in [-0.25, -0.2) is 0 Å². The maximum Gasteiger partial charge on any atom is 0.308 e. The number of esters is 1. The third kappa shape index (κ3) is 4.56. The van der Waals surface area contributed by atoms with E-state index in [0.717, 1.165) is 5.56 Å². The lowest BCUT2D eigenvalue weighted by Gasteiger charge is -2.00. The van der Waals surface area contributed by atoms with E-state index < -0.39 is 0 Å². The first-order valence-electron chi connectivity index (χ1n) is 4.87. The summed E-state index contributed by atoms with van der Waals surface area (Å²) in [5.74, 6) is 0.166. The Hall–Kier alpha value is -1.88. The number of nitrogens with zero attached hydrogens (tertiary/aromatic N) is 1. The maximum atomic E-state index is 10.7. The Balaban J connectivity index is 2.50. The molecular weight excluding hydrogens is 208 g/mol. The van der Waals surface area contributed by atoms with Crippen LogP contribution in [0.4, 0.5) is 0 Å². The Morgan fingerprint density at radius 3 is 2.75 bits per heavy atom. The summed E-state index contributed by atoms with van der Waals surface area (Å²) in [6.45, 7) is 1.82. The van der Waals surface area contributed by atoms with E-state index in [0.29, 0.717) is 12.3 Å². The second-order valence-corrected chi connectivity index (χ2v) is 3.05. The van der Waals surface area contributed by atoms with E-state index in [1.807, 2.05) is 0 Å². The second kappa shape index (κ2) is 6.58. The molecule has 5 heteroatoms. The van der Waals surface area contributed by atoms with E-state index in [4.69, 9.17) is 9.84 Å². The van der Waals surface area contributed by atoms with Crippen LogP contribution in [0.5, 0.6) is 5.75 Å². The summed E-state index contributed by atoms with van der Waals surface area (Å²) >= 11 is 0. The molecule has 1 aromatic rings. The predicted octanol–water partition coefficient (Wildman–Crippen LogP) is 0.528. The Morgan fingerprint density at radius 1 is 1.50 bits per heavy atom. The van der Waals surface area contributed by atoms with Crippen molar-refractivity contribution >= 4 is 12.2 Å². The molecule has 1 aromatic carbocycles. The largest absolute Gasteiger partial charge is 0.427 e. The Kier molecular flexibility index (Phi) is 5.01. The van der Waals surface area contributed by atoms with Crippen molar-refractivity contribution < 1.29 is 14.6 Å². The number of aliphatic hydroxyl groups is 1. The summed E-state index contributed by atoms with van der Waals surface area (Å²) in [5, 5.41) is 12.4. The van der Waals surface area contributed by atoms with Crippen molar-refractivity contribution in [3.63, 3.8) is 0 Å². The molecule has 2 N–H and O–H groups in total. The average Bonchev–Trinajstić information content (AvgIpc) is 2.26. The van der Waals surface area contributed by atoms with Gasteiger partial charge in [-0.1, -0.05) is 0 Å². The van der Waals surface area contributed by atoms with E-state index in [2.05, 4.69) is 10.5 Å². The van der Waals surface area contributed by atoms with Crippen LogP contribution in [0.3, 0.4) is 0 Å². The molecule has 0 saturated heterocycles. The van der Waals surface area contributed by atoms with Gasteiger partial charge in [-0.3, -0.25) is 4.79 Å². The fourth-order valence-electron chi connectivity index (χ4n) is 1.02. The summed E-state index contributed by atoms with van der Waals surface area (Å²) in [5.41, 5.74) is 3.54. The normalized spacial score (nSPS) is 10.4. The quantitative estimate of drug-likeness (QED) is 0.250. The van der Waals surface area contributed by atoms with E-state index in [1.54, 1.807) is 30.5 Å². The first-order chi connectivity index (χ1) is 7.72. The monoisotopic (exact) mass is 222 g/mol. The summed E-state index contributed by atoms with van der Waals surface area (Å²) in [6.07, 6.45) is 1.62. The fourth-order valence-corrected chi connectivity index (χ4v) is 1.02. The molecule has 0 aliphatic carbocycles. The number of hydrogen-bond acceptors (Lipinski definition) is 5. The molecule has 0 amide bonds. The Labute approximate surface area is 93.7 Å². The molecule has 0 unspecified atom stereocenters. The number of hydrogen-bond donors (Lipinski definition) is 2. The summed E-state index contributed by atoms with van der Waals surface area (Å²) in [4.78, 5) is 10.7. The molecule has 0 aliphatic rings. The molecule has 0 saturated carbocycles. The van der Waals surface area contributed by atoms with Gasteiger partial charge in [-0.05, 0) is 29.8 Å². The standard InChI is InChI=1S/C11H14N2O3/c1-9(15)16-11-4-2-10(3-5-11)8-13-12-6-7-14/h2-5,8,12,14H,6-7H2,1H3/b13-8+. The van der Waals surface area contributed by atoms with Gasteiger partial charge in [0.2, 0.25) is 0 Å². The lowest BCUT2D eigenvalue weighted by molar-refractivity contribution is -0.131. The van der Waals surface area contributed by atoms with Crippen LogP contribution in [0, 0.1) is 0 Å². The SMILES string of the molecule is CC(=O)Oc1ccc(/C=N/NCCO)cc1. The van der Waals surface area contributed by atoms with E-state index in [-0.39, 0.29) is 12.6 Å². The minimum absolute atomic E-state index is 0.0444. The molecule has 0 aliphatic heterocycles. The number of carbonyl (C=O) groups is 1. The summed E-state index contributed by atoms with van der Waals surface area (Å²) in [7, 11) is 0. The van der Waals surface area contributed by atoms with Crippen molar-refractivity contribution in [1.82, 2.24) is 5.43 Å². The van der Waals surface area contributed by atoms with Gasteiger partial charge >= 0.3 is 5.97 Å². The minimum Gasteiger partial charge on any atom is -0.427 e. The molecule has 0 aromatic heterocycles. The highest BCUT2D eigenvalue weighted by atomic mass is 16.5. The molecule has 0 fully saturated rings. The zero-order valence-electron chi connectivity index (χ0n) is 9.01. The summed E-state index contributed by atoms with van der Waals surface area (Å²) < 4.78 is 4.88. The number of nitrogens with one attached hydrogen (secondary N) is 1. The maximum absolute atomic E-state index is 10.7. The van der Waals surface area contributed by atoms with Crippen molar-refractivity contribution in [1.29, 1.82) is 0 Å². The van der Waals surface area contributed by atoms with Gasteiger partial charge in [-0.2, -0.15) is 5.10 Å². The van der Waals surface area contributed by atoms with Gasteiger partial charge in [0.05, 0.1) is 19.4 Å². The number of hydrazone groups is 1. The molecule has 16 heavy (non-hydrogen) atoms. The summed E-state index contributed by atoms with van der Waals surface area (Å²) in [6, 6.07) is 6.94. The van der Waals surface area contributed by atoms with Crippen LogP contribution >= 0.6 is 0 Å². The second-order valence-electron chi connectivity index (χ2n) is 3.05. The number of ether oxygens (including phenoxy) is 1. The van der Waals surface area contributed by atoms with Crippen molar-refractivity contribution in [2.75, 3.05) is 13.2 Å². The molecule has 0 bridgehead atoms. The van der Waals surface area contributed by atoms with E-state index in [1.165, 1.54) is 6.92 Å². The number of carbonyl (C=O) groups excluding carboxylic acids is 1. The lowest BCUT2D eigenvalue weighted by atomic mass is 10.2. The number of aliphatic hydroxyl groups excluding tert-OH is 1. The zero-order valence-corrected chi connectivity index (χ0v) is 9.01. The molecule has 0 spiro atoms. The molecule has 86 valence electrons. The Bertz CT molecular complexity index is 360. The van der Waals surface area contributed by atoms with Crippen LogP contribution < -0.4 is 10.2 Å². The zero-order chi connectivity index (χ0) is 11.8. The lowest BCUT2D eigenvalue weighted by Crippen LogP contribution is -2.11. The molecule has 0 heterocycles. The molecule has 0 radical (unpaired) electrons. The van der Waals surface area contributed by atoms with Crippen LogP contribution in [-0.4, -0.2) is 30.4 Å². The van der Waals surface area contributed by atoms with Crippen LogP contribution in [-0.2, 0) is 4.79 Å². The molecular formula is C11H14N2O3. The van der Waals surface area contributed by atoms with Crippen molar-refractivity contribution in [3.8, 4) is 5.75 Å². The van der Waals surface area contributed by atoms with Gasteiger partial charge in [0.25, 0.3) is 0 Å². The first kappa shape index (κ1) is 12.2. The number of benzene rings is 1. The van der Waals surface area contributed by atoms with Crippen LogP contribution in [0.1, 0.15) is 12.5 Å². The highest BCUT2D eigenvalue weighted by molar-refractivity contribution is 5.79. The average molecular weight is 222 g/mol.